The van der Waals surface area contributed by atoms with Gasteiger partial charge < -0.3 is 4.74 Å². The monoisotopic (exact) mass is 263 g/mol. The van der Waals surface area contributed by atoms with E-state index in [0.717, 1.165) is 26.3 Å². The molecule has 1 saturated heterocycles. The summed E-state index contributed by atoms with van der Waals surface area (Å²) in [5, 5.41) is 0. The molecule has 0 bridgehead atoms. The van der Waals surface area contributed by atoms with E-state index < -0.39 is 0 Å². The highest BCUT2D eigenvalue weighted by molar-refractivity contribution is 5.19. The van der Waals surface area contributed by atoms with Gasteiger partial charge >= 0.3 is 0 Å². The Labute approximate surface area is 118 Å². The molecule has 0 amide bonds. The SMILES string of the molecule is CC1=CCCC(C)(C)C1C=CC(C)N1CCOCC1. The van der Waals surface area contributed by atoms with Crippen LogP contribution in [0.1, 0.15) is 40.5 Å². The van der Waals surface area contributed by atoms with Crippen LogP contribution in [0.2, 0.25) is 0 Å². The Morgan fingerprint density at radius 1 is 1.37 bits per heavy atom. The van der Waals surface area contributed by atoms with Crippen molar-refractivity contribution in [2.75, 3.05) is 26.3 Å². The Morgan fingerprint density at radius 2 is 2.05 bits per heavy atom. The molecule has 2 unspecified atom stereocenters. The molecule has 0 N–H and O–H groups in total. The summed E-state index contributed by atoms with van der Waals surface area (Å²) < 4.78 is 5.42. The molecule has 108 valence electrons. The molecule has 0 saturated carbocycles. The number of nitrogens with zero attached hydrogens (tertiary/aromatic N) is 1. The number of hydrogen-bond acceptors (Lipinski definition) is 2. The third-order valence-electron chi connectivity index (χ3n) is 4.79. The highest BCUT2D eigenvalue weighted by Gasteiger charge is 2.31. The standard InChI is InChI=1S/C17H29NO/c1-14-6-5-9-17(3,4)16(14)8-7-15(2)18-10-12-19-13-11-18/h6-8,15-16H,5,9-13H2,1-4H3. The van der Waals surface area contributed by atoms with Crippen LogP contribution in [0, 0.1) is 11.3 Å². The molecule has 0 aromatic carbocycles. The Bertz CT molecular complexity index is 350. The second kappa shape index (κ2) is 6.23. The topological polar surface area (TPSA) is 12.5 Å². The van der Waals surface area contributed by atoms with Crippen molar-refractivity contribution in [3.63, 3.8) is 0 Å². The molecular weight excluding hydrogens is 234 g/mol. The first-order valence-corrected chi connectivity index (χ1v) is 7.67. The van der Waals surface area contributed by atoms with Gasteiger partial charge in [-0.15, -0.1) is 0 Å². The molecule has 1 aliphatic heterocycles. The molecule has 2 nitrogen and oxygen atoms in total. The molecule has 0 aromatic heterocycles. The van der Waals surface area contributed by atoms with Crippen molar-refractivity contribution in [3.8, 4) is 0 Å². The lowest BCUT2D eigenvalue weighted by atomic mass is 9.68. The third-order valence-corrected chi connectivity index (χ3v) is 4.79. The van der Waals surface area contributed by atoms with Gasteiger partial charge in [0.2, 0.25) is 0 Å². The van der Waals surface area contributed by atoms with Crippen molar-refractivity contribution in [1.82, 2.24) is 4.90 Å². The van der Waals surface area contributed by atoms with Crippen LogP contribution in [0.25, 0.3) is 0 Å². The van der Waals surface area contributed by atoms with Crippen molar-refractivity contribution in [1.29, 1.82) is 0 Å². The normalized spacial score (nSPS) is 30.3. The maximum absolute atomic E-state index is 5.42. The molecule has 0 spiro atoms. The fraction of sp³-hybridized carbons (Fsp3) is 0.765. The van der Waals surface area contributed by atoms with E-state index in [2.05, 4.69) is 50.8 Å². The van der Waals surface area contributed by atoms with Gasteiger partial charge in [0.1, 0.15) is 0 Å². The molecule has 0 radical (unpaired) electrons. The number of hydrogen-bond donors (Lipinski definition) is 0. The highest BCUT2D eigenvalue weighted by Crippen LogP contribution is 2.41. The van der Waals surface area contributed by atoms with Gasteiger partial charge in [-0.3, -0.25) is 4.90 Å². The van der Waals surface area contributed by atoms with Crippen molar-refractivity contribution in [2.24, 2.45) is 11.3 Å². The maximum atomic E-state index is 5.42. The van der Waals surface area contributed by atoms with Gasteiger partial charge in [-0.25, -0.2) is 0 Å². The Morgan fingerprint density at radius 3 is 2.68 bits per heavy atom. The number of morpholine rings is 1. The summed E-state index contributed by atoms with van der Waals surface area (Å²) in [6.45, 7) is 13.3. The van der Waals surface area contributed by atoms with Gasteiger partial charge in [0, 0.05) is 25.0 Å². The van der Waals surface area contributed by atoms with Crippen LogP contribution >= 0.6 is 0 Å². The first kappa shape index (κ1) is 14.8. The number of allylic oxidation sites excluding steroid dienone is 3. The molecule has 2 heteroatoms. The van der Waals surface area contributed by atoms with E-state index in [1.807, 2.05) is 0 Å². The summed E-state index contributed by atoms with van der Waals surface area (Å²) >= 11 is 0. The Balaban J connectivity index is 1.99. The third kappa shape index (κ3) is 3.70. The van der Waals surface area contributed by atoms with Crippen LogP contribution in [-0.4, -0.2) is 37.2 Å². The average molecular weight is 263 g/mol. The quantitative estimate of drug-likeness (QED) is 0.721. The Hall–Kier alpha value is -0.600. The molecule has 2 aliphatic rings. The maximum Gasteiger partial charge on any atom is 0.0594 e. The van der Waals surface area contributed by atoms with E-state index in [4.69, 9.17) is 4.74 Å². The van der Waals surface area contributed by atoms with Gasteiger partial charge in [0.25, 0.3) is 0 Å². The van der Waals surface area contributed by atoms with Gasteiger partial charge in [-0.2, -0.15) is 0 Å². The average Bonchev–Trinajstić information content (AvgIpc) is 2.38. The van der Waals surface area contributed by atoms with Gasteiger partial charge in [-0.1, -0.05) is 37.6 Å². The highest BCUT2D eigenvalue weighted by atomic mass is 16.5. The first-order valence-electron chi connectivity index (χ1n) is 7.67. The second-order valence-corrected chi connectivity index (χ2v) is 6.73. The van der Waals surface area contributed by atoms with E-state index in [0.29, 0.717) is 17.4 Å². The molecule has 2 atom stereocenters. The zero-order valence-electron chi connectivity index (χ0n) is 13.0. The summed E-state index contributed by atoms with van der Waals surface area (Å²) in [6.07, 6.45) is 9.80. The van der Waals surface area contributed by atoms with E-state index in [9.17, 15) is 0 Å². The van der Waals surface area contributed by atoms with Gasteiger partial charge in [-0.05, 0) is 32.1 Å². The smallest absolute Gasteiger partial charge is 0.0594 e. The number of ether oxygens (including phenoxy) is 1. The lowest BCUT2D eigenvalue weighted by molar-refractivity contribution is 0.0285. The Kier molecular flexibility index (Phi) is 4.86. The van der Waals surface area contributed by atoms with Crippen molar-refractivity contribution < 1.29 is 4.74 Å². The predicted molar refractivity (Wildman–Crippen MR) is 81.3 cm³/mol. The van der Waals surface area contributed by atoms with Crippen LogP contribution in [0.3, 0.4) is 0 Å². The predicted octanol–water partition coefficient (Wildman–Crippen LogP) is 3.65. The zero-order valence-corrected chi connectivity index (χ0v) is 13.0. The fourth-order valence-corrected chi connectivity index (χ4v) is 3.36. The summed E-state index contributed by atoms with van der Waals surface area (Å²) in [7, 11) is 0. The van der Waals surface area contributed by atoms with Gasteiger partial charge in [0.05, 0.1) is 13.2 Å². The zero-order chi connectivity index (χ0) is 13.9. The minimum atomic E-state index is 0.403. The molecule has 1 fully saturated rings. The molecule has 19 heavy (non-hydrogen) atoms. The lowest BCUT2D eigenvalue weighted by Gasteiger charge is -2.37. The van der Waals surface area contributed by atoms with E-state index in [1.54, 1.807) is 5.57 Å². The van der Waals surface area contributed by atoms with Crippen molar-refractivity contribution >= 4 is 0 Å². The van der Waals surface area contributed by atoms with Crippen LogP contribution in [0.15, 0.2) is 23.8 Å². The molecule has 1 heterocycles. The minimum absolute atomic E-state index is 0.403. The van der Waals surface area contributed by atoms with Crippen LogP contribution < -0.4 is 0 Å². The number of rotatable bonds is 3. The summed E-state index contributed by atoms with van der Waals surface area (Å²) in [6, 6.07) is 0.523. The summed E-state index contributed by atoms with van der Waals surface area (Å²) in [5.41, 5.74) is 1.95. The van der Waals surface area contributed by atoms with E-state index in [1.165, 1.54) is 12.8 Å². The molecule has 2 rings (SSSR count). The van der Waals surface area contributed by atoms with E-state index >= 15 is 0 Å². The lowest BCUT2D eigenvalue weighted by Crippen LogP contribution is -2.41. The van der Waals surface area contributed by atoms with Crippen molar-refractivity contribution in [2.45, 2.75) is 46.6 Å². The fourth-order valence-electron chi connectivity index (χ4n) is 3.36. The largest absolute Gasteiger partial charge is 0.379 e. The summed E-state index contributed by atoms with van der Waals surface area (Å²) in [5.74, 6) is 0.602. The minimum Gasteiger partial charge on any atom is -0.379 e. The molecular formula is C17H29NO. The van der Waals surface area contributed by atoms with E-state index in [-0.39, 0.29) is 0 Å². The van der Waals surface area contributed by atoms with Gasteiger partial charge in [0.15, 0.2) is 0 Å². The molecule has 1 aliphatic carbocycles. The van der Waals surface area contributed by atoms with Crippen LogP contribution in [-0.2, 0) is 4.74 Å². The molecule has 0 aromatic rings. The summed E-state index contributed by atoms with van der Waals surface area (Å²) in [4.78, 5) is 2.51. The van der Waals surface area contributed by atoms with Crippen LogP contribution in [0.4, 0.5) is 0 Å². The second-order valence-electron chi connectivity index (χ2n) is 6.73. The first-order chi connectivity index (χ1) is 9.00. The van der Waals surface area contributed by atoms with Crippen molar-refractivity contribution in [3.05, 3.63) is 23.8 Å². The van der Waals surface area contributed by atoms with Crippen LogP contribution in [0.5, 0.6) is 0 Å².